The van der Waals surface area contributed by atoms with Crippen molar-refractivity contribution in [3.8, 4) is 11.3 Å². The van der Waals surface area contributed by atoms with E-state index in [1.54, 1.807) is 0 Å². The minimum absolute atomic E-state index is 0.744. The van der Waals surface area contributed by atoms with Crippen molar-refractivity contribution < 1.29 is 0 Å². The number of benzene rings is 1. The van der Waals surface area contributed by atoms with Crippen LogP contribution in [0.1, 0.15) is 0 Å². The molecule has 3 rings (SSSR count). The van der Waals surface area contributed by atoms with E-state index in [0.29, 0.717) is 0 Å². The fraction of sp³-hybridized carbons (Fsp3) is 0.308. The van der Waals surface area contributed by atoms with Crippen LogP contribution in [0, 0.1) is 0 Å². The first-order valence-electron chi connectivity index (χ1n) is 6.09. The first kappa shape index (κ1) is 11.6. The quantitative estimate of drug-likeness (QED) is 0.872. The molecule has 2 aromatic rings. The summed E-state index contributed by atoms with van der Waals surface area (Å²) in [6.07, 6.45) is 1.89. The Morgan fingerprint density at radius 2 is 2.06 bits per heavy atom. The molecule has 18 heavy (non-hydrogen) atoms. The molecule has 1 aromatic heterocycles. The first-order chi connectivity index (χ1) is 8.84. The summed E-state index contributed by atoms with van der Waals surface area (Å²) >= 11 is 6.04. The highest BCUT2D eigenvalue weighted by Crippen LogP contribution is 2.30. The lowest BCUT2D eigenvalue weighted by Crippen LogP contribution is -2.43. The Hall–Kier alpha value is -1.52. The highest BCUT2D eigenvalue weighted by molar-refractivity contribution is 6.30. The molecule has 0 unspecified atom stereocenters. The van der Waals surface area contributed by atoms with Crippen molar-refractivity contribution >= 4 is 17.3 Å². The van der Waals surface area contributed by atoms with Crippen molar-refractivity contribution in [1.82, 2.24) is 15.5 Å². The van der Waals surface area contributed by atoms with Gasteiger partial charge in [0.25, 0.3) is 0 Å². The monoisotopic (exact) mass is 262 g/mol. The van der Waals surface area contributed by atoms with Gasteiger partial charge in [0.2, 0.25) is 0 Å². The molecule has 2 N–H and O–H groups in total. The van der Waals surface area contributed by atoms with E-state index in [-0.39, 0.29) is 0 Å². The van der Waals surface area contributed by atoms with Crippen LogP contribution < -0.4 is 10.2 Å². The van der Waals surface area contributed by atoms with Crippen molar-refractivity contribution in [2.75, 3.05) is 31.1 Å². The third kappa shape index (κ3) is 2.21. The Bertz CT molecular complexity index is 531. The van der Waals surface area contributed by atoms with Gasteiger partial charge in [0.15, 0.2) is 0 Å². The lowest BCUT2D eigenvalue weighted by Gasteiger charge is -2.29. The standard InChI is InChI=1S/C13H15ClN4/c14-11-3-1-2-10(8-11)13-12(9-16-17-13)18-6-4-15-5-7-18/h1-3,8-9,15H,4-7H2,(H,16,17). The molecule has 0 radical (unpaired) electrons. The topological polar surface area (TPSA) is 44.0 Å². The Labute approximate surface area is 111 Å². The van der Waals surface area contributed by atoms with Gasteiger partial charge < -0.3 is 10.2 Å². The molecule has 1 aliphatic rings. The summed E-state index contributed by atoms with van der Waals surface area (Å²) in [5.41, 5.74) is 3.27. The predicted octanol–water partition coefficient (Wildman–Crippen LogP) is 2.14. The molecule has 2 heterocycles. The van der Waals surface area contributed by atoms with Crippen LogP contribution in [0.3, 0.4) is 0 Å². The number of nitrogens with zero attached hydrogens (tertiary/aromatic N) is 2. The van der Waals surface area contributed by atoms with Gasteiger partial charge in [-0.25, -0.2) is 0 Å². The van der Waals surface area contributed by atoms with Gasteiger partial charge in [-0.15, -0.1) is 0 Å². The molecular weight excluding hydrogens is 248 g/mol. The largest absolute Gasteiger partial charge is 0.366 e. The third-order valence-corrected chi connectivity index (χ3v) is 3.43. The maximum Gasteiger partial charge on any atom is 0.0884 e. The van der Waals surface area contributed by atoms with Crippen molar-refractivity contribution in [3.63, 3.8) is 0 Å². The summed E-state index contributed by atoms with van der Waals surface area (Å²) in [4.78, 5) is 2.34. The van der Waals surface area contributed by atoms with Crippen molar-refractivity contribution in [1.29, 1.82) is 0 Å². The zero-order valence-electron chi connectivity index (χ0n) is 9.99. The van der Waals surface area contributed by atoms with Crippen LogP contribution in [0.2, 0.25) is 5.02 Å². The highest BCUT2D eigenvalue weighted by atomic mass is 35.5. The first-order valence-corrected chi connectivity index (χ1v) is 6.47. The van der Waals surface area contributed by atoms with Crippen LogP contribution in [0.5, 0.6) is 0 Å². The molecule has 0 aliphatic carbocycles. The van der Waals surface area contributed by atoms with Gasteiger partial charge in [0.05, 0.1) is 17.6 Å². The summed E-state index contributed by atoms with van der Waals surface area (Å²) in [6.45, 7) is 4.04. The van der Waals surface area contributed by atoms with E-state index in [0.717, 1.165) is 48.1 Å². The Morgan fingerprint density at radius 1 is 1.22 bits per heavy atom. The molecule has 1 aromatic carbocycles. The van der Waals surface area contributed by atoms with Gasteiger partial charge in [-0.3, -0.25) is 5.10 Å². The van der Waals surface area contributed by atoms with Gasteiger partial charge in [-0.2, -0.15) is 5.10 Å². The lowest BCUT2D eigenvalue weighted by molar-refractivity contribution is 0.589. The van der Waals surface area contributed by atoms with Gasteiger partial charge in [0, 0.05) is 36.8 Å². The minimum Gasteiger partial charge on any atom is -0.366 e. The minimum atomic E-state index is 0.744. The van der Waals surface area contributed by atoms with Crippen molar-refractivity contribution in [3.05, 3.63) is 35.5 Å². The average molecular weight is 263 g/mol. The van der Waals surface area contributed by atoms with Gasteiger partial charge >= 0.3 is 0 Å². The van der Waals surface area contributed by atoms with Gasteiger partial charge in [0.1, 0.15) is 0 Å². The van der Waals surface area contributed by atoms with E-state index in [2.05, 4.69) is 20.4 Å². The molecule has 5 heteroatoms. The number of nitrogens with one attached hydrogen (secondary N) is 2. The number of aromatic nitrogens is 2. The zero-order valence-corrected chi connectivity index (χ0v) is 10.7. The summed E-state index contributed by atoms with van der Waals surface area (Å²) in [7, 11) is 0. The Balaban J connectivity index is 1.95. The van der Waals surface area contributed by atoms with Crippen LogP contribution in [0.15, 0.2) is 30.5 Å². The number of halogens is 1. The predicted molar refractivity (Wildman–Crippen MR) is 74.1 cm³/mol. The van der Waals surface area contributed by atoms with E-state index in [1.165, 1.54) is 0 Å². The zero-order chi connectivity index (χ0) is 12.4. The molecule has 0 atom stereocenters. The SMILES string of the molecule is Clc1cccc(-c2[nH]ncc2N2CCNCC2)c1. The summed E-state index contributed by atoms with van der Waals surface area (Å²) in [6, 6.07) is 7.85. The van der Waals surface area contributed by atoms with E-state index in [1.807, 2.05) is 30.5 Å². The van der Waals surface area contributed by atoms with Crippen LogP contribution in [-0.2, 0) is 0 Å². The van der Waals surface area contributed by atoms with Gasteiger partial charge in [-0.05, 0) is 12.1 Å². The normalized spacial score (nSPS) is 15.9. The second-order valence-electron chi connectivity index (χ2n) is 4.38. The lowest BCUT2D eigenvalue weighted by atomic mass is 10.1. The molecule has 0 spiro atoms. The number of rotatable bonds is 2. The van der Waals surface area contributed by atoms with Crippen LogP contribution in [0.25, 0.3) is 11.3 Å². The highest BCUT2D eigenvalue weighted by Gasteiger charge is 2.16. The molecule has 1 saturated heterocycles. The second-order valence-corrected chi connectivity index (χ2v) is 4.81. The smallest absolute Gasteiger partial charge is 0.0884 e. The molecular formula is C13H15ClN4. The fourth-order valence-electron chi connectivity index (χ4n) is 2.28. The van der Waals surface area contributed by atoms with Crippen LogP contribution in [0.4, 0.5) is 5.69 Å². The van der Waals surface area contributed by atoms with E-state index < -0.39 is 0 Å². The van der Waals surface area contributed by atoms with Crippen molar-refractivity contribution in [2.24, 2.45) is 0 Å². The fourth-order valence-corrected chi connectivity index (χ4v) is 2.47. The number of hydrogen-bond donors (Lipinski definition) is 2. The Morgan fingerprint density at radius 3 is 2.83 bits per heavy atom. The van der Waals surface area contributed by atoms with E-state index >= 15 is 0 Å². The molecule has 0 saturated carbocycles. The van der Waals surface area contributed by atoms with Crippen LogP contribution >= 0.6 is 11.6 Å². The maximum atomic E-state index is 6.04. The third-order valence-electron chi connectivity index (χ3n) is 3.19. The number of aromatic amines is 1. The van der Waals surface area contributed by atoms with E-state index in [9.17, 15) is 0 Å². The maximum absolute atomic E-state index is 6.04. The molecule has 1 fully saturated rings. The summed E-state index contributed by atoms with van der Waals surface area (Å²) in [5.74, 6) is 0. The van der Waals surface area contributed by atoms with Crippen LogP contribution in [-0.4, -0.2) is 36.4 Å². The van der Waals surface area contributed by atoms with E-state index in [4.69, 9.17) is 11.6 Å². The second kappa shape index (κ2) is 5.00. The molecule has 1 aliphatic heterocycles. The number of piperazine rings is 1. The molecule has 0 bridgehead atoms. The molecule has 4 nitrogen and oxygen atoms in total. The van der Waals surface area contributed by atoms with Crippen molar-refractivity contribution in [2.45, 2.75) is 0 Å². The summed E-state index contributed by atoms with van der Waals surface area (Å²) in [5, 5.41) is 11.3. The average Bonchev–Trinajstić information content (AvgIpc) is 2.89. The number of hydrogen-bond acceptors (Lipinski definition) is 3. The number of anilines is 1. The number of H-pyrrole nitrogens is 1. The molecule has 0 amide bonds. The van der Waals surface area contributed by atoms with Gasteiger partial charge in [-0.1, -0.05) is 23.7 Å². The molecule has 94 valence electrons. The summed E-state index contributed by atoms with van der Waals surface area (Å²) < 4.78 is 0. The Kier molecular flexibility index (Phi) is 3.21.